The predicted octanol–water partition coefficient (Wildman–Crippen LogP) is 2.41. The molecule has 0 aromatic heterocycles. The molecule has 1 aliphatic rings. The van der Waals surface area contributed by atoms with Gasteiger partial charge in [-0.3, -0.25) is 4.79 Å². The molecule has 3 heteroatoms. The Hall–Kier alpha value is -1.82. The van der Waals surface area contributed by atoms with Gasteiger partial charge in [-0.1, -0.05) is 13.0 Å². The van der Waals surface area contributed by atoms with Gasteiger partial charge in [0.25, 0.3) is 0 Å². The van der Waals surface area contributed by atoms with Gasteiger partial charge in [0, 0.05) is 13.0 Å². The van der Waals surface area contributed by atoms with E-state index in [9.17, 15) is 4.79 Å². The first-order valence-corrected chi connectivity index (χ1v) is 5.99. The van der Waals surface area contributed by atoms with E-state index in [2.05, 4.69) is 13.0 Å². The molecule has 0 saturated heterocycles. The normalized spacial score (nSPS) is 18.4. The number of nitriles is 1. The van der Waals surface area contributed by atoms with E-state index in [-0.39, 0.29) is 11.9 Å². The summed E-state index contributed by atoms with van der Waals surface area (Å²) in [4.78, 5) is 13.7. The lowest BCUT2D eigenvalue weighted by molar-refractivity contribution is -0.133. The zero-order chi connectivity index (χ0) is 12.4. The van der Waals surface area contributed by atoms with Crippen molar-refractivity contribution in [3.05, 3.63) is 34.9 Å². The third kappa shape index (κ3) is 2.03. The molecule has 17 heavy (non-hydrogen) atoms. The molecule has 0 fully saturated rings. The van der Waals surface area contributed by atoms with Crippen LogP contribution in [0.1, 0.15) is 43.0 Å². The van der Waals surface area contributed by atoms with E-state index >= 15 is 0 Å². The lowest BCUT2D eigenvalue weighted by Crippen LogP contribution is -2.38. The number of hydrogen-bond acceptors (Lipinski definition) is 2. The van der Waals surface area contributed by atoms with Gasteiger partial charge in [-0.15, -0.1) is 0 Å². The summed E-state index contributed by atoms with van der Waals surface area (Å²) in [5, 5.41) is 8.87. The van der Waals surface area contributed by atoms with E-state index in [1.807, 2.05) is 30.0 Å². The van der Waals surface area contributed by atoms with Crippen LogP contribution < -0.4 is 0 Å². The second kappa shape index (κ2) is 4.58. The van der Waals surface area contributed by atoms with Gasteiger partial charge in [0.1, 0.15) is 0 Å². The largest absolute Gasteiger partial charge is 0.336 e. The van der Waals surface area contributed by atoms with Crippen molar-refractivity contribution in [1.29, 1.82) is 5.26 Å². The molecule has 1 atom stereocenters. The molecule has 3 nitrogen and oxygen atoms in total. The van der Waals surface area contributed by atoms with Gasteiger partial charge < -0.3 is 4.90 Å². The van der Waals surface area contributed by atoms with E-state index in [0.29, 0.717) is 12.0 Å². The quantitative estimate of drug-likeness (QED) is 0.741. The molecule has 1 heterocycles. The average Bonchev–Trinajstić information content (AvgIpc) is 2.38. The van der Waals surface area contributed by atoms with Crippen LogP contribution in [0.2, 0.25) is 0 Å². The highest BCUT2D eigenvalue weighted by molar-refractivity contribution is 5.76. The summed E-state index contributed by atoms with van der Waals surface area (Å²) in [7, 11) is 0. The summed E-state index contributed by atoms with van der Waals surface area (Å²) < 4.78 is 0. The first-order valence-electron chi connectivity index (χ1n) is 5.99. The van der Waals surface area contributed by atoms with Crippen LogP contribution in [0.3, 0.4) is 0 Å². The van der Waals surface area contributed by atoms with Gasteiger partial charge in [-0.25, -0.2) is 0 Å². The molecule has 2 rings (SSSR count). The van der Waals surface area contributed by atoms with Gasteiger partial charge >= 0.3 is 0 Å². The highest BCUT2D eigenvalue weighted by atomic mass is 16.2. The van der Waals surface area contributed by atoms with Crippen LogP contribution in [0, 0.1) is 11.3 Å². The van der Waals surface area contributed by atoms with Crippen LogP contribution in [-0.2, 0) is 11.2 Å². The van der Waals surface area contributed by atoms with Crippen LogP contribution in [0.15, 0.2) is 18.2 Å². The number of carbonyl (C=O) groups excluding carboxylic acids is 1. The molecule has 0 radical (unpaired) electrons. The minimum atomic E-state index is 0.124. The Morgan fingerprint density at radius 1 is 1.59 bits per heavy atom. The zero-order valence-corrected chi connectivity index (χ0v) is 10.2. The second-order valence-corrected chi connectivity index (χ2v) is 4.39. The molecule has 0 aliphatic carbocycles. The number of hydrogen-bond donors (Lipinski definition) is 0. The SMILES string of the molecule is CCC(=O)N1CCc2cc(C#N)ccc2C1C. The Morgan fingerprint density at radius 3 is 3.00 bits per heavy atom. The van der Waals surface area contributed by atoms with Gasteiger partial charge in [-0.2, -0.15) is 5.26 Å². The van der Waals surface area contributed by atoms with Crippen LogP contribution in [0.25, 0.3) is 0 Å². The Labute approximate surface area is 102 Å². The van der Waals surface area contributed by atoms with Crippen molar-refractivity contribution in [2.45, 2.75) is 32.7 Å². The van der Waals surface area contributed by atoms with Crippen molar-refractivity contribution in [2.75, 3.05) is 6.54 Å². The minimum Gasteiger partial charge on any atom is -0.336 e. The van der Waals surface area contributed by atoms with Crippen molar-refractivity contribution in [3.63, 3.8) is 0 Å². The molecular formula is C14H16N2O. The van der Waals surface area contributed by atoms with E-state index in [1.54, 1.807) is 0 Å². The monoisotopic (exact) mass is 228 g/mol. The molecule has 0 saturated carbocycles. The third-order valence-corrected chi connectivity index (χ3v) is 3.43. The van der Waals surface area contributed by atoms with Gasteiger partial charge in [0.15, 0.2) is 0 Å². The summed E-state index contributed by atoms with van der Waals surface area (Å²) >= 11 is 0. The van der Waals surface area contributed by atoms with Gasteiger partial charge in [-0.05, 0) is 36.6 Å². The summed E-state index contributed by atoms with van der Waals surface area (Å²) in [6, 6.07) is 8.03. The van der Waals surface area contributed by atoms with E-state index in [1.165, 1.54) is 11.1 Å². The molecule has 1 amide bonds. The Morgan fingerprint density at radius 2 is 2.35 bits per heavy atom. The van der Waals surface area contributed by atoms with Gasteiger partial charge in [0.05, 0.1) is 17.7 Å². The molecule has 1 aromatic rings. The van der Waals surface area contributed by atoms with Crippen molar-refractivity contribution in [2.24, 2.45) is 0 Å². The van der Waals surface area contributed by atoms with Crippen molar-refractivity contribution >= 4 is 5.91 Å². The molecular weight excluding hydrogens is 212 g/mol. The maximum atomic E-state index is 11.8. The fraction of sp³-hybridized carbons (Fsp3) is 0.429. The zero-order valence-electron chi connectivity index (χ0n) is 10.2. The first kappa shape index (κ1) is 11.7. The maximum absolute atomic E-state index is 11.8. The lowest BCUT2D eigenvalue weighted by Gasteiger charge is -2.35. The van der Waals surface area contributed by atoms with Crippen LogP contribution in [-0.4, -0.2) is 17.4 Å². The fourth-order valence-electron chi connectivity index (χ4n) is 2.45. The number of rotatable bonds is 1. The highest BCUT2D eigenvalue weighted by Crippen LogP contribution is 2.30. The third-order valence-electron chi connectivity index (χ3n) is 3.43. The molecule has 0 N–H and O–H groups in total. The number of nitrogens with zero attached hydrogens (tertiary/aromatic N) is 2. The van der Waals surface area contributed by atoms with Crippen LogP contribution in [0.4, 0.5) is 0 Å². The molecule has 1 aromatic carbocycles. The summed E-state index contributed by atoms with van der Waals surface area (Å²) in [6.07, 6.45) is 1.40. The summed E-state index contributed by atoms with van der Waals surface area (Å²) in [6.45, 7) is 4.71. The predicted molar refractivity (Wildman–Crippen MR) is 65.3 cm³/mol. The number of fused-ring (bicyclic) bond motifs is 1. The number of carbonyl (C=O) groups is 1. The fourth-order valence-corrected chi connectivity index (χ4v) is 2.45. The summed E-state index contributed by atoms with van der Waals surface area (Å²) in [5.41, 5.74) is 3.08. The molecule has 88 valence electrons. The summed E-state index contributed by atoms with van der Waals surface area (Å²) in [5.74, 6) is 0.201. The topological polar surface area (TPSA) is 44.1 Å². The Kier molecular flexibility index (Phi) is 3.14. The lowest BCUT2D eigenvalue weighted by atomic mass is 9.92. The minimum absolute atomic E-state index is 0.124. The standard InChI is InChI=1S/C14H16N2O/c1-3-14(17)16-7-6-12-8-11(9-15)4-5-13(12)10(16)2/h4-5,8,10H,3,6-7H2,1-2H3. The van der Waals surface area contributed by atoms with Crippen molar-refractivity contribution in [3.8, 4) is 6.07 Å². The van der Waals surface area contributed by atoms with Crippen molar-refractivity contribution < 1.29 is 4.79 Å². The Balaban J connectivity index is 2.34. The van der Waals surface area contributed by atoms with E-state index < -0.39 is 0 Å². The Bertz CT molecular complexity index is 487. The molecule has 0 spiro atoms. The van der Waals surface area contributed by atoms with E-state index in [4.69, 9.17) is 5.26 Å². The maximum Gasteiger partial charge on any atom is 0.222 e. The second-order valence-electron chi connectivity index (χ2n) is 4.39. The first-order chi connectivity index (χ1) is 8.17. The molecule has 0 bridgehead atoms. The number of benzene rings is 1. The smallest absolute Gasteiger partial charge is 0.222 e. The van der Waals surface area contributed by atoms with Gasteiger partial charge in [0.2, 0.25) is 5.91 Å². The van der Waals surface area contributed by atoms with Crippen LogP contribution >= 0.6 is 0 Å². The van der Waals surface area contributed by atoms with E-state index in [0.717, 1.165) is 13.0 Å². The average molecular weight is 228 g/mol. The van der Waals surface area contributed by atoms with Crippen molar-refractivity contribution in [1.82, 2.24) is 4.90 Å². The molecule has 1 aliphatic heterocycles. The molecule has 1 unspecified atom stereocenters. The highest BCUT2D eigenvalue weighted by Gasteiger charge is 2.26. The number of amides is 1. The van der Waals surface area contributed by atoms with Crippen LogP contribution in [0.5, 0.6) is 0 Å².